The normalized spacial score (nSPS) is 9.62. The van der Waals surface area contributed by atoms with Gasteiger partial charge in [0.15, 0.2) is 0 Å². The van der Waals surface area contributed by atoms with Gasteiger partial charge in [-0.1, -0.05) is 214 Å². The van der Waals surface area contributed by atoms with Crippen molar-refractivity contribution in [2.45, 2.75) is 27.7 Å². The number of nitro groups is 2. The molecule has 0 saturated heterocycles. The Morgan fingerprint density at radius 2 is 0.428 bits per heavy atom. The van der Waals surface area contributed by atoms with E-state index in [2.05, 4.69) is 367 Å². The molecule has 0 unspecified atom stereocenters. The van der Waals surface area contributed by atoms with Crippen LogP contribution < -0.4 is 0 Å². The highest BCUT2D eigenvalue weighted by molar-refractivity contribution is 14.1. The third kappa shape index (κ3) is 32.3. The van der Waals surface area contributed by atoms with E-state index in [0.29, 0.717) is 33.4 Å². The Morgan fingerprint density at radius 3 is 0.645 bits per heavy atom. The Hall–Kier alpha value is -13.1. The lowest BCUT2D eigenvalue weighted by molar-refractivity contribution is -0.385. The Kier molecular flexibility index (Phi) is 40.9. The van der Waals surface area contributed by atoms with Gasteiger partial charge in [0.05, 0.1) is 90.8 Å². The molecule has 0 saturated carbocycles. The lowest BCUT2D eigenvalue weighted by Gasteiger charge is -2.04. The van der Waals surface area contributed by atoms with Crippen LogP contribution in [0.5, 0.6) is 0 Å². The predicted octanol–water partition coefficient (Wildman–Crippen LogP) is 30.4. The summed E-state index contributed by atoms with van der Waals surface area (Å²) < 4.78 is 18.5. The van der Waals surface area contributed by atoms with Crippen molar-refractivity contribution in [1.82, 2.24) is 0 Å². The SMILES string of the molecule is Brc1ccc(Br)c(C#Cc2ccccc2)c1C#Cc1ccccc1.COC(=O)c1ccc(C#Cc2c(I)ccc(I)c2C#Cc2ccc(C(=O)OC)cc2)cc1.Cc1ccc(C#Cc2c(Br)ccc(Br)c2C#Cc2ccc(C)cc2)cc1.Cc1cccc(C#Cc2c(Br)ccc(Br)c2C#Cc2cccc(C)c2)c1.O=[N+]([O-])c1ccc(C#Cc2c(Br)ccc(Br)c2C#Cc2ccc([N+](=O)[O-])cc2)cc1. The van der Waals surface area contributed by atoms with E-state index < -0.39 is 9.85 Å². The molecule has 0 heterocycles. The Bertz CT molecular complexity index is 7370. The van der Waals surface area contributed by atoms with Crippen LogP contribution in [0.15, 0.2) is 351 Å². The maximum Gasteiger partial charge on any atom is 0.337 e. The number of benzene rings is 15. The highest BCUT2D eigenvalue weighted by atomic mass is 127. The van der Waals surface area contributed by atoms with Gasteiger partial charge in [0.2, 0.25) is 0 Å². The van der Waals surface area contributed by atoms with Gasteiger partial charge in [0.1, 0.15) is 0 Å². The van der Waals surface area contributed by atoms with Crippen LogP contribution in [0, 0.1) is 173 Å². The number of carbonyl (C=O) groups is 2. The van der Waals surface area contributed by atoms with Crippen LogP contribution in [0.4, 0.5) is 11.4 Å². The first-order chi connectivity index (χ1) is 66.6. The first kappa shape index (κ1) is 105. The molecule has 15 rings (SSSR count). The van der Waals surface area contributed by atoms with Crippen molar-refractivity contribution in [3.8, 4) is 118 Å². The van der Waals surface area contributed by atoms with E-state index in [4.69, 9.17) is 9.47 Å². The summed E-state index contributed by atoms with van der Waals surface area (Å²) in [5.74, 6) is 63.1. The number of esters is 2. The van der Waals surface area contributed by atoms with Gasteiger partial charge < -0.3 is 9.47 Å². The first-order valence-corrected chi connectivity index (χ1v) is 49.9. The third-order valence-electron chi connectivity index (χ3n) is 19.3. The zero-order valence-electron chi connectivity index (χ0n) is 74.0. The summed E-state index contributed by atoms with van der Waals surface area (Å²) in [5.41, 5.74) is 22.8. The summed E-state index contributed by atoms with van der Waals surface area (Å²) in [5, 5.41) is 21.5. The van der Waals surface area contributed by atoms with Crippen LogP contribution in [0.2, 0.25) is 0 Å². The quantitative estimate of drug-likeness (QED) is 0.0558. The molecule has 0 N–H and O–H groups in total. The number of methoxy groups -OCH3 is 2. The van der Waals surface area contributed by atoms with Crippen molar-refractivity contribution in [3.63, 3.8) is 0 Å². The summed E-state index contributed by atoms with van der Waals surface area (Å²) in [6.07, 6.45) is 0. The standard InChI is InChI=1S/C26H16I2O4.2C24H16Br2.C22H10Br2N2O4.C22H12Br2/c1-31-25(29)19-9-3-17(4-10-19)7-13-21-22(24(28)16-15-23(21)27)14-8-18-5-11-20(12-6-18)26(30)32-2;1-17-3-7-19(8-4-17)11-13-21-22(24(26)16-15-23(21)25)14-12-20-9-5-18(2)6-10-20;1-17-5-3-7-19(15-17)9-11-21-22(24(26)14-13-23(21)25)12-10-20-8-4-6-18(2)16-20;23-21-13-14-22(24)20(12-6-16-3-9-18(10-4-16)26(29)30)19(21)11-5-15-1-7-17(8-2-15)25(27)28;23-21-15-16-22(24)20(14-12-18-9-5-2-6-10-18)19(21)13-11-17-7-3-1-4-8-17/h3-6,9-12,15-16H,1-2H3;3-10,15-16H,1-2H3;3-8,13-16H,1-2H3;1-4,7-10,13-14H;1-10,15-16H. The summed E-state index contributed by atoms with van der Waals surface area (Å²) in [4.78, 5) is 43.8. The van der Waals surface area contributed by atoms with Crippen LogP contribution in [0.25, 0.3) is 0 Å². The monoisotopic (exact) mass is 2530 g/mol. The second-order valence-corrected chi connectivity index (χ2v) is 38.5. The molecule has 15 aromatic rings. The van der Waals surface area contributed by atoms with Crippen LogP contribution in [-0.2, 0) is 9.47 Å². The summed E-state index contributed by atoms with van der Waals surface area (Å²) in [7, 11) is 2.70. The number of hydrogen-bond acceptors (Lipinski definition) is 8. The zero-order chi connectivity index (χ0) is 98.6. The number of non-ortho nitro benzene ring substituents is 2. The minimum absolute atomic E-state index is 0.00107. The number of halogens is 10. The molecule has 0 aliphatic rings. The number of aryl methyl sites for hydroxylation is 4. The van der Waals surface area contributed by atoms with E-state index in [0.717, 1.165) is 132 Å². The fourth-order valence-corrected chi connectivity index (χ4v) is 16.6. The lowest BCUT2D eigenvalue weighted by atomic mass is 10.1. The summed E-state index contributed by atoms with van der Waals surface area (Å²) in [6.45, 7) is 8.28. The molecule has 0 radical (unpaired) electrons. The van der Waals surface area contributed by atoms with Crippen molar-refractivity contribution in [2.24, 2.45) is 0 Å². The fraction of sp³-hybridized carbons (Fsp3) is 0.0508. The minimum Gasteiger partial charge on any atom is -0.465 e. The van der Waals surface area contributed by atoms with Gasteiger partial charge in [-0.05, 0) is 418 Å². The van der Waals surface area contributed by atoms with Crippen LogP contribution >= 0.6 is 173 Å². The van der Waals surface area contributed by atoms with Crippen molar-refractivity contribution < 1.29 is 28.9 Å². The van der Waals surface area contributed by atoms with Crippen molar-refractivity contribution >= 4 is 196 Å². The van der Waals surface area contributed by atoms with Gasteiger partial charge in [0, 0.05) is 123 Å². The third-order valence-corrected chi connectivity index (χ3v) is 26.4. The van der Waals surface area contributed by atoms with Gasteiger partial charge >= 0.3 is 11.9 Å². The van der Waals surface area contributed by atoms with Gasteiger partial charge in [0.25, 0.3) is 11.4 Å². The molecule has 0 aliphatic carbocycles. The number of hydrogen-bond donors (Lipinski definition) is 0. The van der Waals surface area contributed by atoms with E-state index in [1.165, 1.54) is 60.7 Å². The average molecular weight is 2540 g/mol. The second-order valence-electron chi connectivity index (χ2n) is 29.3. The highest BCUT2D eigenvalue weighted by Gasteiger charge is 2.16. The molecule has 138 heavy (non-hydrogen) atoms. The van der Waals surface area contributed by atoms with Crippen LogP contribution in [0.1, 0.15) is 154 Å². The van der Waals surface area contributed by atoms with Gasteiger partial charge in [-0.2, -0.15) is 0 Å². The molecule has 670 valence electrons. The van der Waals surface area contributed by atoms with Gasteiger partial charge in [-0.15, -0.1) is 0 Å². The lowest BCUT2D eigenvalue weighted by Crippen LogP contribution is -2.00. The Balaban J connectivity index is 0.000000166. The zero-order valence-corrected chi connectivity index (χ0v) is 91.0. The molecule has 20 heteroatoms. The molecule has 0 aromatic heterocycles. The molecule has 0 amide bonds. The molecule has 0 atom stereocenters. The second kappa shape index (κ2) is 53.6. The van der Waals surface area contributed by atoms with E-state index in [-0.39, 0.29) is 23.3 Å². The summed E-state index contributed by atoms with van der Waals surface area (Å²) >= 11 is 33.1. The maximum absolute atomic E-state index is 11.6. The van der Waals surface area contributed by atoms with Crippen LogP contribution in [0.3, 0.4) is 0 Å². The Labute approximate surface area is 898 Å². The molecular weight excluding hydrogens is 2470 g/mol. The number of carbonyl (C=O) groups excluding carboxylic acids is 2. The predicted molar refractivity (Wildman–Crippen MR) is 598 cm³/mol. The molecule has 0 bridgehead atoms. The largest absolute Gasteiger partial charge is 0.465 e. The average Bonchev–Trinajstić information content (AvgIpc) is 0.813. The van der Waals surface area contributed by atoms with E-state index >= 15 is 0 Å². The molecular formula is C118H70Br8I2N2O8. The van der Waals surface area contributed by atoms with E-state index in [1.807, 2.05) is 170 Å². The number of rotatable bonds is 4. The van der Waals surface area contributed by atoms with E-state index in [1.54, 1.807) is 72.8 Å². The van der Waals surface area contributed by atoms with Crippen molar-refractivity contribution in [1.29, 1.82) is 0 Å². The van der Waals surface area contributed by atoms with Crippen LogP contribution in [-0.4, -0.2) is 36.0 Å². The van der Waals surface area contributed by atoms with Gasteiger partial charge in [-0.3, -0.25) is 20.2 Å². The first-order valence-electron chi connectivity index (χ1n) is 41.4. The Morgan fingerprint density at radius 1 is 0.232 bits per heavy atom. The van der Waals surface area contributed by atoms with Crippen molar-refractivity contribution in [3.05, 3.63) is 523 Å². The van der Waals surface area contributed by atoms with Crippen molar-refractivity contribution in [2.75, 3.05) is 14.2 Å². The van der Waals surface area contributed by atoms with E-state index in [9.17, 15) is 29.8 Å². The number of nitrogens with zero attached hydrogens (tertiary/aromatic N) is 2. The molecule has 15 aromatic carbocycles. The number of ether oxygens (including phenoxy) is 2. The molecule has 0 spiro atoms. The maximum atomic E-state index is 11.6. The molecule has 0 aliphatic heterocycles. The smallest absolute Gasteiger partial charge is 0.337 e. The fourth-order valence-electron chi connectivity index (χ4n) is 12.0. The van der Waals surface area contributed by atoms with Gasteiger partial charge in [-0.25, -0.2) is 9.59 Å². The molecule has 10 nitrogen and oxygen atoms in total. The highest BCUT2D eigenvalue weighted by Crippen LogP contribution is 2.33. The topological polar surface area (TPSA) is 139 Å². The molecule has 0 fully saturated rings. The summed E-state index contributed by atoms with van der Waals surface area (Å²) in [6, 6.07) is 98.1. The minimum atomic E-state index is -0.464. The number of nitro benzene ring substituents is 2.